The van der Waals surface area contributed by atoms with E-state index in [4.69, 9.17) is 5.26 Å². The second-order valence-electron chi connectivity index (χ2n) is 4.27. The van der Waals surface area contributed by atoms with Gasteiger partial charge in [-0.05, 0) is 24.6 Å². The highest BCUT2D eigenvalue weighted by atomic mass is 19.1. The average Bonchev–Trinajstić information content (AvgIpc) is 2.89. The third-order valence-corrected chi connectivity index (χ3v) is 2.87. The molecule has 0 fully saturated rings. The first-order valence-corrected chi connectivity index (χ1v) is 6.33. The first-order chi connectivity index (χ1) is 9.69. The van der Waals surface area contributed by atoms with Crippen LogP contribution in [-0.4, -0.2) is 17.0 Å². The minimum Gasteiger partial charge on any atom is -0.351 e. The van der Waals surface area contributed by atoms with E-state index in [0.717, 1.165) is 6.42 Å². The Morgan fingerprint density at radius 3 is 2.80 bits per heavy atom. The Labute approximate surface area is 116 Å². The highest BCUT2D eigenvalue weighted by Crippen LogP contribution is 2.19. The van der Waals surface area contributed by atoms with Gasteiger partial charge in [0, 0.05) is 12.7 Å². The van der Waals surface area contributed by atoms with Gasteiger partial charge in [0.2, 0.25) is 0 Å². The molecule has 0 spiro atoms. The Balaban J connectivity index is 2.51. The van der Waals surface area contributed by atoms with E-state index in [1.54, 1.807) is 18.2 Å². The molecule has 0 aliphatic heterocycles. The van der Waals surface area contributed by atoms with Gasteiger partial charge in [0.05, 0.1) is 11.3 Å². The molecule has 0 saturated carbocycles. The van der Waals surface area contributed by atoms with Crippen LogP contribution < -0.4 is 5.32 Å². The highest BCUT2D eigenvalue weighted by molar-refractivity contribution is 5.95. The van der Waals surface area contributed by atoms with E-state index in [1.807, 2.05) is 13.0 Å². The van der Waals surface area contributed by atoms with Crippen molar-refractivity contribution in [3.63, 3.8) is 0 Å². The van der Waals surface area contributed by atoms with Crippen molar-refractivity contribution in [2.45, 2.75) is 13.3 Å². The number of amides is 1. The predicted octanol–water partition coefficient (Wildman–Crippen LogP) is 2.63. The van der Waals surface area contributed by atoms with Gasteiger partial charge in [-0.1, -0.05) is 19.1 Å². The molecule has 102 valence electrons. The smallest absolute Gasteiger partial charge is 0.269 e. The van der Waals surface area contributed by atoms with Crippen LogP contribution in [0.25, 0.3) is 5.69 Å². The van der Waals surface area contributed by atoms with Crippen molar-refractivity contribution in [2.24, 2.45) is 0 Å². The zero-order valence-electron chi connectivity index (χ0n) is 11.1. The zero-order chi connectivity index (χ0) is 14.5. The van der Waals surface area contributed by atoms with Crippen molar-refractivity contribution in [1.82, 2.24) is 9.88 Å². The molecule has 0 aliphatic rings. The Kier molecular flexibility index (Phi) is 4.16. The van der Waals surface area contributed by atoms with Crippen LogP contribution in [0.5, 0.6) is 0 Å². The average molecular weight is 271 g/mol. The van der Waals surface area contributed by atoms with Crippen molar-refractivity contribution >= 4 is 5.91 Å². The molecular weight excluding hydrogens is 257 g/mol. The van der Waals surface area contributed by atoms with E-state index in [-0.39, 0.29) is 22.9 Å². The van der Waals surface area contributed by atoms with Crippen LogP contribution in [0.4, 0.5) is 4.39 Å². The van der Waals surface area contributed by atoms with Gasteiger partial charge in [-0.2, -0.15) is 5.26 Å². The summed E-state index contributed by atoms with van der Waals surface area (Å²) in [5, 5.41) is 11.8. The number of para-hydroxylation sites is 1. The van der Waals surface area contributed by atoms with Gasteiger partial charge in [0.15, 0.2) is 0 Å². The van der Waals surface area contributed by atoms with Gasteiger partial charge >= 0.3 is 0 Å². The Hall–Kier alpha value is -2.61. The molecule has 0 saturated heterocycles. The van der Waals surface area contributed by atoms with Crippen LogP contribution in [0.2, 0.25) is 0 Å². The van der Waals surface area contributed by atoms with E-state index in [9.17, 15) is 9.18 Å². The molecule has 0 bridgehead atoms. The number of nitriles is 1. The van der Waals surface area contributed by atoms with Crippen LogP contribution in [0.15, 0.2) is 36.5 Å². The largest absolute Gasteiger partial charge is 0.351 e. The normalized spacial score (nSPS) is 10.1. The number of carbonyl (C=O) groups excluding carboxylic acids is 1. The summed E-state index contributed by atoms with van der Waals surface area (Å²) < 4.78 is 15.3. The lowest BCUT2D eigenvalue weighted by molar-refractivity contribution is 0.0946. The minimum absolute atomic E-state index is 0.158. The van der Waals surface area contributed by atoms with Crippen LogP contribution >= 0.6 is 0 Å². The summed E-state index contributed by atoms with van der Waals surface area (Å²) >= 11 is 0. The molecule has 4 nitrogen and oxygen atoms in total. The van der Waals surface area contributed by atoms with Crippen molar-refractivity contribution < 1.29 is 9.18 Å². The lowest BCUT2D eigenvalue weighted by Gasteiger charge is -2.10. The third-order valence-electron chi connectivity index (χ3n) is 2.87. The van der Waals surface area contributed by atoms with Crippen molar-refractivity contribution in [1.29, 1.82) is 5.26 Å². The third kappa shape index (κ3) is 2.54. The van der Waals surface area contributed by atoms with Crippen molar-refractivity contribution in [3.8, 4) is 11.8 Å². The summed E-state index contributed by atoms with van der Waals surface area (Å²) in [4.78, 5) is 12.1. The van der Waals surface area contributed by atoms with Gasteiger partial charge in [0.1, 0.15) is 17.6 Å². The van der Waals surface area contributed by atoms with E-state index in [2.05, 4.69) is 5.32 Å². The molecule has 1 heterocycles. The topological polar surface area (TPSA) is 57.8 Å². The maximum Gasteiger partial charge on any atom is 0.269 e. The Morgan fingerprint density at radius 2 is 2.15 bits per heavy atom. The fraction of sp³-hybridized carbons (Fsp3) is 0.200. The molecule has 2 aromatic rings. The van der Waals surface area contributed by atoms with Crippen molar-refractivity contribution in [3.05, 3.63) is 53.6 Å². The molecule has 20 heavy (non-hydrogen) atoms. The number of aromatic nitrogens is 1. The van der Waals surface area contributed by atoms with Crippen LogP contribution in [0, 0.1) is 17.1 Å². The van der Waals surface area contributed by atoms with Gasteiger partial charge in [0.25, 0.3) is 5.91 Å². The van der Waals surface area contributed by atoms with Gasteiger partial charge in [-0.3, -0.25) is 4.79 Å². The fourth-order valence-electron chi connectivity index (χ4n) is 1.92. The maximum absolute atomic E-state index is 13.8. The summed E-state index contributed by atoms with van der Waals surface area (Å²) in [7, 11) is 0. The number of benzene rings is 1. The molecule has 1 aromatic heterocycles. The lowest BCUT2D eigenvalue weighted by atomic mass is 10.2. The molecule has 2 rings (SSSR count). The summed E-state index contributed by atoms with van der Waals surface area (Å²) in [6.07, 6.45) is 2.31. The van der Waals surface area contributed by atoms with Crippen LogP contribution in [-0.2, 0) is 0 Å². The van der Waals surface area contributed by atoms with Crippen molar-refractivity contribution in [2.75, 3.05) is 6.54 Å². The standard InChI is InChI=1S/C15H14FN3O/c1-2-8-18-15(20)14-11(10-17)7-9-19(14)13-6-4-3-5-12(13)16/h3-7,9H,2,8H2,1H3,(H,18,20). The molecule has 0 unspecified atom stereocenters. The molecule has 5 heteroatoms. The Morgan fingerprint density at radius 1 is 1.40 bits per heavy atom. The molecule has 1 N–H and O–H groups in total. The van der Waals surface area contributed by atoms with E-state index < -0.39 is 5.82 Å². The molecule has 1 aromatic carbocycles. The lowest BCUT2D eigenvalue weighted by Crippen LogP contribution is -2.27. The number of hydrogen-bond donors (Lipinski definition) is 1. The quantitative estimate of drug-likeness (QED) is 0.929. The van der Waals surface area contributed by atoms with Crippen LogP contribution in [0.3, 0.4) is 0 Å². The van der Waals surface area contributed by atoms with E-state index in [1.165, 1.54) is 22.9 Å². The van der Waals surface area contributed by atoms with E-state index >= 15 is 0 Å². The number of rotatable bonds is 4. The monoisotopic (exact) mass is 271 g/mol. The maximum atomic E-state index is 13.8. The molecular formula is C15H14FN3O. The highest BCUT2D eigenvalue weighted by Gasteiger charge is 2.19. The summed E-state index contributed by atoms with van der Waals surface area (Å²) in [5.74, 6) is -0.825. The molecule has 0 radical (unpaired) electrons. The number of carbonyl (C=O) groups is 1. The molecule has 0 atom stereocenters. The Bertz CT molecular complexity index is 670. The van der Waals surface area contributed by atoms with Gasteiger partial charge in [-0.15, -0.1) is 0 Å². The first-order valence-electron chi connectivity index (χ1n) is 6.33. The number of nitrogens with zero attached hydrogens (tertiary/aromatic N) is 2. The van der Waals surface area contributed by atoms with Gasteiger partial charge in [-0.25, -0.2) is 4.39 Å². The molecule has 1 amide bonds. The first kappa shape index (κ1) is 13.8. The number of hydrogen-bond acceptors (Lipinski definition) is 2. The van der Waals surface area contributed by atoms with Crippen LogP contribution in [0.1, 0.15) is 29.4 Å². The number of halogens is 1. The fourth-order valence-corrected chi connectivity index (χ4v) is 1.92. The molecule has 0 aliphatic carbocycles. The minimum atomic E-state index is -0.447. The second-order valence-corrected chi connectivity index (χ2v) is 4.27. The zero-order valence-corrected chi connectivity index (χ0v) is 11.1. The summed E-state index contributed by atoms with van der Waals surface area (Å²) in [6.45, 7) is 2.44. The predicted molar refractivity (Wildman–Crippen MR) is 73.1 cm³/mol. The summed E-state index contributed by atoms with van der Waals surface area (Å²) in [6, 6.07) is 9.60. The SMILES string of the molecule is CCCNC(=O)c1c(C#N)ccn1-c1ccccc1F. The number of nitrogens with one attached hydrogen (secondary N) is 1. The second kappa shape index (κ2) is 6.02. The van der Waals surface area contributed by atoms with Gasteiger partial charge < -0.3 is 9.88 Å². The summed E-state index contributed by atoms with van der Waals surface area (Å²) in [5.41, 5.74) is 0.628. The van der Waals surface area contributed by atoms with E-state index in [0.29, 0.717) is 6.54 Å².